The zero-order chi connectivity index (χ0) is 15.1. The van der Waals surface area contributed by atoms with E-state index < -0.39 is 0 Å². The van der Waals surface area contributed by atoms with E-state index in [9.17, 15) is 0 Å². The summed E-state index contributed by atoms with van der Waals surface area (Å²) in [5.74, 6) is 3.47. The minimum atomic E-state index is 0.428. The lowest BCUT2D eigenvalue weighted by Crippen LogP contribution is -2.20. The normalized spacial score (nSPS) is 13.9. The lowest BCUT2D eigenvalue weighted by Gasteiger charge is -2.20. The van der Waals surface area contributed by atoms with Gasteiger partial charge >= 0.3 is 0 Å². The molecule has 1 rings (SSSR count). The quantitative estimate of drug-likeness (QED) is 0.750. The molecule has 1 aromatic heterocycles. The summed E-state index contributed by atoms with van der Waals surface area (Å²) in [6.07, 6.45) is 3.48. The molecule has 2 unspecified atom stereocenters. The molecule has 114 valence electrons. The molecule has 0 radical (unpaired) electrons. The van der Waals surface area contributed by atoms with Crippen LogP contribution in [0.15, 0.2) is 0 Å². The highest BCUT2D eigenvalue weighted by Gasteiger charge is 2.12. The first-order valence-electron chi connectivity index (χ1n) is 7.83. The molecule has 20 heavy (non-hydrogen) atoms. The molecule has 0 amide bonds. The molecule has 0 bridgehead atoms. The van der Waals surface area contributed by atoms with Crippen molar-refractivity contribution in [3.05, 3.63) is 11.4 Å². The molecule has 0 saturated carbocycles. The first kappa shape index (κ1) is 16.7. The average molecular weight is 278 g/mol. The topological polar surface area (TPSA) is 49.8 Å². The largest absolute Gasteiger partial charge is 0.370 e. The first-order chi connectivity index (χ1) is 9.47. The predicted molar refractivity (Wildman–Crippen MR) is 87.4 cm³/mol. The van der Waals surface area contributed by atoms with Gasteiger partial charge in [-0.2, -0.15) is 0 Å². The second kappa shape index (κ2) is 8.08. The van der Waals surface area contributed by atoms with Crippen molar-refractivity contribution < 1.29 is 0 Å². The number of aromatic nitrogens is 2. The van der Waals surface area contributed by atoms with Crippen molar-refractivity contribution in [2.75, 3.05) is 17.2 Å². The van der Waals surface area contributed by atoms with Gasteiger partial charge in [0.25, 0.3) is 0 Å². The number of anilines is 2. The average Bonchev–Trinajstić information content (AvgIpc) is 2.40. The Kier molecular flexibility index (Phi) is 6.76. The monoisotopic (exact) mass is 278 g/mol. The van der Waals surface area contributed by atoms with Crippen LogP contribution in [0.3, 0.4) is 0 Å². The number of nitrogens with zero attached hydrogens (tertiary/aromatic N) is 2. The summed E-state index contributed by atoms with van der Waals surface area (Å²) in [6, 6.07) is 0.428. The highest BCUT2D eigenvalue weighted by atomic mass is 15.1. The Bertz CT molecular complexity index is 417. The van der Waals surface area contributed by atoms with Crippen molar-refractivity contribution in [1.29, 1.82) is 0 Å². The van der Waals surface area contributed by atoms with Gasteiger partial charge < -0.3 is 10.6 Å². The standard InChI is InChI=1S/C16H30N4/c1-7-9-17-15-13(5)16(20-14(6)19-15)18-12(4)10-11(3)8-2/h11-12H,7-10H2,1-6H3,(H2,17,18,19,20). The Hall–Kier alpha value is -1.32. The fourth-order valence-electron chi connectivity index (χ4n) is 2.25. The molecule has 2 atom stereocenters. The van der Waals surface area contributed by atoms with Gasteiger partial charge in [-0.05, 0) is 39.5 Å². The first-order valence-corrected chi connectivity index (χ1v) is 7.83. The van der Waals surface area contributed by atoms with Gasteiger partial charge in [-0.1, -0.05) is 27.2 Å². The summed E-state index contributed by atoms with van der Waals surface area (Å²) < 4.78 is 0. The summed E-state index contributed by atoms with van der Waals surface area (Å²) in [5.41, 5.74) is 1.11. The zero-order valence-electron chi connectivity index (χ0n) is 13.9. The molecule has 0 spiro atoms. The van der Waals surface area contributed by atoms with E-state index in [2.05, 4.69) is 55.2 Å². The van der Waals surface area contributed by atoms with Crippen LogP contribution in [0, 0.1) is 19.8 Å². The van der Waals surface area contributed by atoms with Gasteiger partial charge in [0.1, 0.15) is 17.5 Å². The summed E-state index contributed by atoms with van der Waals surface area (Å²) in [4.78, 5) is 9.05. The molecule has 4 nitrogen and oxygen atoms in total. The van der Waals surface area contributed by atoms with Gasteiger partial charge in [0, 0.05) is 18.2 Å². The van der Waals surface area contributed by atoms with Crippen molar-refractivity contribution >= 4 is 11.6 Å². The van der Waals surface area contributed by atoms with E-state index in [-0.39, 0.29) is 0 Å². The van der Waals surface area contributed by atoms with Crippen LogP contribution in [0.2, 0.25) is 0 Å². The third kappa shape index (κ3) is 4.99. The Morgan fingerprint density at radius 2 is 1.70 bits per heavy atom. The molecular weight excluding hydrogens is 248 g/mol. The molecule has 0 aliphatic rings. The zero-order valence-corrected chi connectivity index (χ0v) is 13.9. The van der Waals surface area contributed by atoms with Crippen LogP contribution in [0.25, 0.3) is 0 Å². The molecule has 0 aromatic carbocycles. The highest BCUT2D eigenvalue weighted by Crippen LogP contribution is 2.22. The van der Waals surface area contributed by atoms with Gasteiger partial charge in [-0.25, -0.2) is 9.97 Å². The van der Waals surface area contributed by atoms with E-state index in [0.717, 1.165) is 48.3 Å². The minimum absolute atomic E-state index is 0.428. The second-order valence-corrected chi connectivity index (χ2v) is 5.81. The summed E-state index contributed by atoms with van der Waals surface area (Å²) in [7, 11) is 0. The molecule has 0 saturated heterocycles. The summed E-state index contributed by atoms with van der Waals surface area (Å²) >= 11 is 0. The third-order valence-electron chi connectivity index (χ3n) is 3.64. The van der Waals surface area contributed by atoms with E-state index in [4.69, 9.17) is 0 Å². The van der Waals surface area contributed by atoms with Crippen LogP contribution < -0.4 is 10.6 Å². The van der Waals surface area contributed by atoms with Crippen molar-refractivity contribution in [3.8, 4) is 0 Å². The van der Waals surface area contributed by atoms with E-state index in [0.29, 0.717) is 6.04 Å². The molecule has 2 N–H and O–H groups in total. The predicted octanol–water partition coefficient (Wildman–Crippen LogP) is 4.15. The molecular formula is C16H30N4. The van der Waals surface area contributed by atoms with Gasteiger partial charge in [-0.3, -0.25) is 0 Å². The molecule has 0 fully saturated rings. The van der Waals surface area contributed by atoms with Crippen LogP contribution in [0.4, 0.5) is 11.6 Å². The summed E-state index contributed by atoms with van der Waals surface area (Å²) in [6.45, 7) is 13.9. The summed E-state index contributed by atoms with van der Waals surface area (Å²) in [5, 5.41) is 6.92. The molecule has 0 aliphatic heterocycles. The number of rotatable bonds is 8. The maximum Gasteiger partial charge on any atom is 0.134 e. The van der Waals surface area contributed by atoms with Crippen molar-refractivity contribution in [2.24, 2.45) is 5.92 Å². The maximum atomic E-state index is 4.55. The van der Waals surface area contributed by atoms with Crippen LogP contribution >= 0.6 is 0 Å². The van der Waals surface area contributed by atoms with Crippen LogP contribution in [0.1, 0.15) is 58.3 Å². The third-order valence-corrected chi connectivity index (χ3v) is 3.64. The lowest BCUT2D eigenvalue weighted by atomic mass is 10.0. The van der Waals surface area contributed by atoms with Crippen molar-refractivity contribution in [1.82, 2.24) is 9.97 Å². The fourth-order valence-corrected chi connectivity index (χ4v) is 2.25. The van der Waals surface area contributed by atoms with Crippen molar-refractivity contribution in [3.63, 3.8) is 0 Å². The molecule has 4 heteroatoms. The van der Waals surface area contributed by atoms with E-state index in [1.165, 1.54) is 6.42 Å². The Balaban J connectivity index is 2.81. The van der Waals surface area contributed by atoms with Gasteiger partial charge in [0.2, 0.25) is 0 Å². The highest BCUT2D eigenvalue weighted by molar-refractivity contribution is 5.57. The van der Waals surface area contributed by atoms with Gasteiger partial charge in [0.15, 0.2) is 0 Å². The van der Waals surface area contributed by atoms with E-state index in [1.54, 1.807) is 0 Å². The fraction of sp³-hybridized carbons (Fsp3) is 0.750. The van der Waals surface area contributed by atoms with Crippen LogP contribution in [0.5, 0.6) is 0 Å². The Morgan fingerprint density at radius 3 is 2.30 bits per heavy atom. The van der Waals surface area contributed by atoms with Crippen molar-refractivity contribution in [2.45, 2.75) is 66.8 Å². The Morgan fingerprint density at radius 1 is 1.05 bits per heavy atom. The second-order valence-electron chi connectivity index (χ2n) is 5.81. The Labute approximate surface area is 123 Å². The molecule has 0 aliphatic carbocycles. The van der Waals surface area contributed by atoms with E-state index in [1.807, 2.05) is 6.92 Å². The molecule has 1 heterocycles. The van der Waals surface area contributed by atoms with Crippen LogP contribution in [-0.2, 0) is 0 Å². The number of hydrogen-bond acceptors (Lipinski definition) is 4. The number of hydrogen-bond donors (Lipinski definition) is 2. The van der Waals surface area contributed by atoms with Crippen LogP contribution in [-0.4, -0.2) is 22.6 Å². The molecule has 1 aromatic rings. The van der Waals surface area contributed by atoms with Gasteiger partial charge in [-0.15, -0.1) is 0 Å². The minimum Gasteiger partial charge on any atom is -0.370 e. The maximum absolute atomic E-state index is 4.55. The SMILES string of the molecule is CCCNc1nc(C)nc(NC(C)CC(C)CC)c1C. The lowest BCUT2D eigenvalue weighted by molar-refractivity contribution is 0.483. The number of nitrogens with one attached hydrogen (secondary N) is 2. The van der Waals surface area contributed by atoms with Gasteiger partial charge in [0.05, 0.1) is 0 Å². The van der Waals surface area contributed by atoms with E-state index >= 15 is 0 Å². The number of aryl methyl sites for hydroxylation is 1. The smallest absolute Gasteiger partial charge is 0.134 e.